The van der Waals surface area contributed by atoms with Crippen LogP contribution in [-0.4, -0.2) is 39.8 Å². The molecule has 0 radical (unpaired) electrons. The highest BCUT2D eigenvalue weighted by atomic mass is 32.1. The van der Waals surface area contributed by atoms with Gasteiger partial charge in [-0.05, 0) is 26.1 Å². The molecule has 0 saturated carbocycles. The minimum Gasteiger partial charge on any atom is -0.285 e. The molecule has 0 N–H and O–H groups in total. The van der Waals surface area contributed by atoms with Crippen LogP contribution < -0.4 is 0 Å². The number of carbonyl (C=O) groups is 2. The van der Waals surface area contributed by atoms with Gasteiger partial charge in [-0.1, -0.05) is 30.4 Å². The first kappa shape index (κ1) is 13.7. The Morgan fingerprint density at radius 1 is 1.11 bits per heavy atom. The molecule has 0 bridgehead atoms. The summed E-state index contributed by atoms with van der Waals surface area (Å²) in [6.07, 6.45) is 9.39. The van der Waals surface area contributed by atoms with Crippen LogP contribution in [0.3, 0.4) is 0 Å². The summed E-state index contributed by atoms with van der Waals surface area (Å²) < 4.78 is 0. The van der Waals surface area contributed by atoms with Crippen molar-refractivity contribution >= 4 is 29.1 Å². The molecule has 0 aromatic rings. The summed E-state index contributed by atoms with van der Waals surface area (Å²) in [6, 6.07) is 0. The van der Waals surface area contributed by atoms with E-state index in [9.17, 15) is 9.59 Å². The minimum atomic E-state index is -0.295. The summed E-state index contributed by atoms with van der Waals surface area (Å²) in [4.78, 5) is 27.5. The largest absolute Gasteiger partial charge is 0.285 e. The minimum absolute atomic E-state index is 0.00647. The molecule has 5 heteroatoms. The summed E-state index contributed by atoms with van der Waals surface area (Å²) in [5.41, 5.74) is 0.207. The van der Waals surface area contributed by atoms with E-state index in [4.69, 9.17) is 12.2 Å². The van der Waals surface area contributed by atoms with Gasteiger partial charge in [0.1, 0.15) is 5.57 Å². The average molecular weight is 276 g/mol. The lowest BCUT2D eigenvalue weighted by atomic mass is 10.0. The molecule has 1 fully saturated rings. The summed E-state index contributed by atoms with van der Waals surface area (Å²) in [5, 5.41) is 0.301. The Labute approximate surface area is 118 Å². The lowest BCUT2D eigenvalue weighted by Crippen LogP contribution is -2.56. The number of rotatable bonds is 3. The third-order valence-electron chi connectivity index (χ3n) is 3.18. The number of hydrogen-bond donors (Lipinski definition) is 0. The smallest absolute Gasteiger partial charge is 0.265 e. The number of hydrogen-bond acceptors (Lipinski definition) is 3. The van der Waals surface area contributed by atoms with Gasteiger partial charge >= 0.3 is 0 Å². The Morgan fingerprint density at radius 2 is 1.58 bits per heavy atom. The van der Waals surface area contributed by atoms with Gasteiger partial charge in [0.15, 0.2) is 5.11 Å². The van der Waals surface area contributed by atoms with Gasteiger partial charge in [0.05, 0.1) is 0 Å². The number of amides is 2. The van der Waals surface area contributed by atoms with Gasteiger partial charge in [-0.3, -0.25) is 19.4 Å². The predicted molar refractivity (Wildman–Crippen MR) is 77.2 cm³/mol. The molecule has 0 unspecified atom stereocenters. The number of carbonyl (C=O) groups excluding carboxylic acids is 2. The second-order valence-electron chi connectivity index (χ2n) is 4.31. The molecule has 100 valence electrons. The zero-order valence-corrected chi connectivity index (χ0v) is 11.8. The summed E-state index contributed by atoms with van der Waals surface area (Å²) in [7, 11) is 0. The van der Waals surface area contributed by atoms with Crippen LogP contribution in [0, 0.1) is 5.92 Å². The maximum absolute atomic E-state index is 12.3. The summed E-state index contributed by atoms with van der Waals surface area (Å²) >= 11 is 5.19. The monoisotopic (exact) mass is 276 g/mol. The van der Waals surface area contributed by atoms with Gasteiger partial charge in [-0.2, -0.15) is 0 Å². The molecule has 0 aromatic heterocycles. The maximum atomic E-state index is 12.3. The van der Waals surface area contributed by atoms with E-state index < -0.39 is 0 Å². The van der Waals surface area contributed by atoms with E-state index in [0.29, 0.717) is 18.2 Å². The fourth-order valence-electron chi connectivity index (χ4n) is 2.15. The van der Waals surface area contributed by atoms with Gasteiger partial charge in [0.25, 0.3) is 11.8 Å². The van der Waals surface area contributed by atoms with Gasteiger partial charge in [0, 0.05) is 19.0 Å². The van der Waals surface area contributed by atoms with Crippen LogP contribution in [0.1, 0.15) is 13.8 Å². The van der Waals surface area contributed by atoms with Gasteiger partial charge < -0.3 is 0 Å². The molecule has 4 nitrogen and oxygen atoms in total. The molecular formula is C14H16N2O2S. The molecule has 1 aliphatic heterocycles. The lowest BCUT2D eigenvalue weighted by Gasteiger charge is -2.35. The number of allylic oxidation sites excluding steroid dienone is 5. The van der Waals surface area contributed by atoms with E-state index in [0.717, 1.165) is 0 Å². The number of thiocarbonyl (C=S) groups is 1. The Hall–Kier alpha value is -1.75. The second-order valence-corrected chi connectivity index (χ2v) is 4.67. The molecule has 2 amide bonds. The molecule has 0 atom stereocenters. The van der Waals surface area contributed by atoms with E-state index in [1.807, 2.05) is 38.2 Å². The highest BCUT2D eigenvalue weighted by Gasteiger charge is 2.37. The van der Waals surface area contributed by atoms with Gasteiger partial charge in [-0.25, -0.2) is 0 Å². The molecule has 0 spiro atoms. The SMILES string of the molecule is CCN1C(=O)C(=CC2C=CC=C2)C(=O)N(CC)C1=S. The van der Waals surface area contributed by atoms with Crippen LogP contribution in [-0.2, 0) is 9.59 Å². The Balaban J connectivity index is 2.38. The molecule has 2 rings (SSSR count). The van der Waals surface area contributed by atoms with Crippen LogP contribution in [0.5, 0.6) is 0 Å². The highest BCUT2D eigenvalue weighted by molar-refractivity contribution is 7.80. The molecule has 1 heterocycles. The first-order valence-electron chi connectivity index (χ1n) is 6.34. The molecular weight excluding hydrogens is 260 g/mol. The molecule has 0 aromatic carbocycles. The van der Waals surface area contributed by atoms with Gasteiger partial charge in [-0.15, -0.1) is 0 Å². The zero-order chi connectivity index (χ0) is 14.0. The summed E-state index contributed by atoms with van der Waals surface area (Å²) in [6.45, 7) is 4.63. The van der Waals surface area contributed by atoms with Crippen molar-refractivity contribution in [2.45, 2.75) is 13.8 Å². The quantitative estimate of drug-likeness (QED) is 0.447. The highest BCUT2D eigenvalue weighted by Crippen LogP contribution is 2.21. The molecule has 19 heavy (non-hydrogen) atoms. The van der Waals surface area contributed by atoms with E-state index in [1.165, 1.54) is 9.80 Å². The van der Waals surface area contributed by atoms with Crippen molar-refractivity contribution < 1.29 is 9.59 Å². The second kappa shape index (κ2) is 5.48. The van der Waals surface area contributed by atoms with Gasteiger partial charge in [0.2, 0.25) is 0 Å². The van der Waals surface area contributed by atoms with Crippen molar-refractivity contribution in [3.8, 4) is 0 Å². The van der Waals surface area contributed by atoms with E-state index in [-0.39, 0.29) is 23.3 Å². The predicted octanol–water partition coefficient (Wildman–Crippen LogP) is 1.65. The fourth-order valence-corrected chi connectivity index (χ4v) is 2.58. The lowest BCUT2D eigenvalue weighted by molar-refractivity contribution is -0.133. The topological polar surface area (TPSA) is 40.6 Å². The third kappa shape index (κ3) is 2.38. The average Bonchev–Trinajstić information content (AvgIpc) is 2.88. The first-order valence-corrected chi connectivity index (χ1v) is 6.75. The van der Waals surface area contributed by atoms with Crippen LogP contribution in [0.2, 0.25) is 0 Å². The molecule has 1 saturated heterocycles. The van der Waals surface area contributed by atoms with Crippen molar-refractivity contribution in [2.24, 2.45) is 5.92 Å². The Morgan fingerprint density at radius 3 is 2.00 bits per heavy atom. The van der Waals surface area contributed by atoms with Crippen LogP contribution >= 0.6 is 12.2 Å². The first-order chi connectivity index (χ1) is 9.10. The Bertz CT molecular complexity index is 480. The molecule has 2 aliphatic rings. The van der Waals surface area contributed by atoms with E-state index >= 15 is 0 Å². The normalized spacial score (nSPS) is 19.9. The summed E-state index contributed by atoms with van der Waals surface area (Å²) in [5.74, 6) is -0.584. The van der Waals surface area contributed by atoms with Crippen molar-refractivity contribution in [1.29, 1.82) is 0 Å². The molecule has 1 aliphatic carbocycles. The van der Waals surface area contributed by atoms with E-state index in [2.05, 4.69) is 0 Å². The number of likely N-dealkylation sites (N-methyl/N-ethyl adjacent to an activating group) is 2. The third-order valence-corrected chi connectivity index (χ3v) is 3.62. The van der Waals surface area contributed by atoms with Crippen LogP contribution in [0.15, 0.2) is 36.0 Å². The van der Waals surface area contributed by atoms with Crippen LogP contribution in [0.25, 0.3) is 0 Å². The van der Waals surface area contributed by atoms with Crippen LogP contribution in [0.4, 0.5) is 0 Å². The number of nitrogens with zero attached hydrogens (tertiary/aromatic N) is 2. The van der Waals surface area contributed by atoms with Crippen molar-refractivity contribution in [3.63, 3.8) is 0 Å². The van der Waals surface area contributed by atoms with E-state index in [1.54, 1.807) is 6.08 Å². The zero-order valence-electron chi connectivity index (χ0n) is 11.0. The standard InChI is InChI=1S/C14H16N2O2S/c1-3-15-12(17)11(9-10-7-5-6-8-10)13(18)16(4-2)14(15)19/h5-10H,3-4H2,1-2H3. The van der Waals surface area contributed by atoms with Crippen molar-refractivity contribution in [2.75, 3.05) is 13.1 Å². The van der Waals surface area contributed by atoms with Crippen molar-refractivity contribution in [1.82, 2.24) is 9.80 Å². The van der Waals surface area contributed by atoms with Crippen molar-refractivity contribution in [3.05, 3.63) is 36.0 Å². The Kier molecular flexibility index (Phi) is 3.95. The fraction of sp³-hybridized carbons (Fsp3) is 0.357. The maximum Gasteiger partial charge on any atom is 0.265 e.